The zero-order valence-electron chi connectivity index (χ0n) is 15.5. The minimum atomic E-state index is -0.702. The highest BCUT2D eigenvalue weighted by molar-refractivity contribution is 8.26. The molecule has 1 unspecified atom stereocenters. The summed E-state index contributed by atoms with van der Waals surface area (Å²) in [5.74, 6) is 0.772. The molecule has 150 valence electrons. The fourth-order valence-corrected chi connectivity index (χ4v) is 4.39. The van der Waals surface area contributed by atoms with Crippen molar-refractivity contribution in [1.82, 2.24) is 20.2 Å². The Morgan fingerprint density at radius 2 is 2.28 bits per heavy atom. The quantitative estimate of drug-likeness (QED) is 0.535. The van der Waals surface area contributed by atoms with Crippen LogP contribution in [0.25, 0.3) is 6.08 Å². The molecule has 0 bridgehead atoms. The molecule has 2 aromatic rings. The maximum absolute atomic E-state index is 12.9. The van der Waals surface area contributed by atoms with Gasteiger partial charge in [0.1, 0.15) is 10.4 Å². The van der Waals surface area contributed by atoms with Crippen LogP contribution in [0.1, 0.15) is 18.2 Å². The van der Waals surface area contributed by atoms with Crippen molar-refractivity contribution < 1.29 is 19.1 Å². The Morgan fingerprint density at radius 3 is 3.07 bits per heavy atom. The third-order valence-corrected chi connectivity index (χ3v) is 5.86. The molecule has 0 radical (unpaired) electrons. The number of carbonyl (C=O) groups excluding carboxylic acids is 2. The van der Waals surface area contributed by atoms with Crippen LogP contribution in [0, 0.1) is 0 Å². The molecule has 0 aliphatic carbocycles. The van der Waals surface area contributed by atoms with Crippen molar-refractivity contribution >= 4 is 46.2 Å². The summed E-state index contributed by atoms with van der Waals surface area (Å²) in [6.07, 6.45) is 5.66. The number of benzene rings is 1. The van der Waals surface area contributed by atoms with Gasteiger partial charge in [0.2, 0.25) is 12.7 Å². The smallest absolute Gasteiger partial charge is 0.266 e. The molecule has 4 rings (SSSR count). The van der Waals surface area contributed by atoms with Crippen LogP contribution < -0.4 is 14.8 Å². The van der Waals surface area contributed by atoms with E-state index in [1.165, 1.54) is 16.7 Å². The van der Waals surface area contributed by atoms with Gasteiger partial charge in [-0.1, -0.05) is 30.0 Å². The number of hydrogen-bond acceptors (Lipinski definition) is 7. The van der Waals surface area contributed by atoms with Crippen molar-refractivity contribution in [2.24, 2.45) is 0 Å². The van der Waals surface area contributed by atoms with Gasteiger partial charge in [-0.25, -0.2) is 4.98 Å². The van der Waals surface area contributed by atoms with E-state index in [-0.39, 0.29) is 18.6 Å². The van der Waals surface area contributed by atoms with Crippen molar-refractivity contribution in [1.29, 1.82) is 0 Å². The zero-order chi connectivity index (χ0) is 20.4. The molecule has 1 saturated heterocycles. The highest BCUT2D eigenvalue weighted by Gasteiger charge is 2.38. The van der Waals surface area contributed by atoms with Crippen LogP contribution in [-0.2, 0) is 16.0 Å². The van der Waals surface area contributed by atoms with Crippen LogP contribution >= 0.6 is 24.0 Å². The van der Waals surface area contributed by atoms with Gasteiger partial charge in [0.25, 0.3) is 5.91 Å². The Balaban J connectivity index is 1.41. The van der Waals surface area contributed by atoms with Gasteiger partial charge >= 0.3 is 0 Å². The van der Waals surface area contributed by atoms with Gasteiger partial charge in [0.05, 0.1) is 11.2 Å². The van der Waals surface area contributed by atoms with Crippen molar-refractivity contribution in [3.8, 4) is 11.5 Å². The number of hydrogen-bond donors (Lipinski definition) is 2. The number of fused-ring (bicyclic) bond motifs is 1. The molecule has 29 heavy (non-hydrogen) atoms. The third-order valence-electron chi connectivity index (χ3n) is 4.53. The predicted molar refractivity (Wildman–Crippen MR) is 112 cm³/mol. The lowest BCUT2D eigenvalue weighted by molar-refractivity contribution is -0.132. The highest BCUT2D eigenvalue weighted by Crippen LogP contribution is 2.37. The van der Waals surface area contributed by atoms with E-state index in [1.807, 2.05) is 6.07 Å². The van der Waals surface area contributed by atoms with E-state index in [4.69, 9.17) is 21.7 Å². The van der Waals surface area contributed by atoms with Crippen molar-refractivity contribution in [3.63, 3.8) is 0 Å². The number of rotatable bonds is 6. The first-order valence-corrected chi connectivity index (χ1v) is 10.2. The minimum absolute atomic E-state index is 0.188. The molecule has 1 aromatic heterocycles. The zero-order valence-corrected chi connectivity index (χ0v) is 17.1. The molecule has 1 atom stereocenters. The fourth-order valence-electron chi connectivity index (χ4n) is 2.97. The molecule has 2 amide bonds. The molecule has 10 heteroatoms. The largest absolute Gasteiger partial charge is 0.454 e. The third kappa shape index (κ3) is 4.13. The van der Waals surface area contributed by atoms with E-state index in [0.717, 1.165) is 11.3 Å². The number of thiocarbonyl (C=S) groups is 1. The summed E-state index contributed by atoms with van der Waals surface area (Å²) in [7, 11) is 0. The number of ether oxygens (including phenoxy) is 2. The maximum atomic E-state index is 12.9. The number of aromatic amines is 1. The second kappa shape index (κ2) is 8.26. The Labute approximate surface area is 176 Å². The highest BCUT2D eigenvalue weighted by atomic mass is 32.2. The van der Waals surface area contributed by atoms with E-state index in [1.54, 1.807) is 37.7 Å². The molecular weight excluding hydrogens is 412 g/mol. The fraction of sp³-hybridized carbons (Fsp3) is 0.263. The summed E-state index contributed by atoms with van der Waals surface area (Å²) in [5.41, 5.74) is 1.72. The minimum Gasteiger partial charge on any atom is -0.454 e. The van der Waals surface area contributed by atoms with Crippen LogP contribution in [0.4, 0.5) is 0 Å². The van der Waals surface area contributed by atoms with Gasteiger partial charge < -0.3 is 19.8 Å². The first-order valence-electron chi connectivity index (χ1n) is 8.94. The number of nitrogens with zero attached hydrogens (tertiary/aromatic N) is 2. The number of nitrogens with one attached hydrogen (secondary N) is 2. The molecular formula is C19H18N4O4S2. The molecule has 2 aliphatic heterocycles. The lowest BCUT2D eigenvalue weighted by Crippen LogP contribution is -2.47. The molecule has 1 fully saturated rings. The average Bonchev–Trinajstić information content (AvgIpc) is 3.43. The summed E-state index contributed by atoms with van der Waals surface area (Å²) in [6.45, 7) is 2.29. The summed E-state index contributed by atoms with van der Waals surface area (Å²) in [6, 6.07) is 4.74. The number of aromatic nitrogens is 2. The van der Waals surface area contributed by atoms with Crippen LogP contribution in [0.2, 0.25) is 0 Å². The summed E-state index contributed by atoms with van der Waals surface area (Å²) in [4.78, 5) is 34.1. The Morgan fingerprint density at radius 1 is 1.45 bits per heavy atom. The molecule has 0 saturated carbocycles. The van der Waals surface area contributed by atoms with Gasteiger partial charge in [-0.15, -0.1) is 0 Å². The van der Waals surface area contributed by atoms with Gasteiger partial charge in [0.15, 0.2) is 11.5 Å². The van der Waals surface area contributed by atoms with E-state index >= 15 is 0 Å². The second-order valence-corrected chi connectivity index (χ2v) is 8.13. The summed E-state index contributed by atoms with van der Waals surface area (Å²) in [5, 5.41) is 2.83. The number of amides is 2. The van der Waals surface area contributed by atoms with Crippen molar-refractivity contribution in [2.45, 2.75) is 19.4 Å². The lowest BCUT2D eigenvalue weighted by atomic mass is 10.2. The van der Waals surface area contributed by atoms with Gasteiger partial charge in [0, 0.05) is 24.9 Å². The molecule has 2 aliphatic rings. The van der Waals surface area contributed by atoms with Crippen molar-refractivity contribution in [3.05, 3.63) is 46.9 Å². The topological polar surface area (TPSA) is 96.6 Å². The Kier molecular flexibility index (Phi) is 5.54. The molecule has 1 aromatic carbocycles. The van der Waals surface area contributed by atoms with Gasteiger partial charge in [-0.2, -0.15) is 0 Å². The first-order chi connectivity index (χ1) is 14.0. The number of imidazole rings is 1. The van der Waals surface area contributed by atoms with E-state index in [9.17, 15) is 9.59 Å². The molecule has 0 spiro atoms. The maximum Gasteiger partial charge on any atom is 0.266 e. The number of thioether (sulfide) groups is 1. The Hall–Kier alpha value is -2.85. The average molecular weight is 431 g/mol. The number of carbonyl (C=O) groups is 2. The molecule has 2 N–H and O–H groups in total. The second-order valence-electron chi connectivity index (χ2n) is 6.46. The van der Waals surface area contributed by atoms with Gasteiger partial charge in [-0.3, -0.25) is 14.5 Å². The monoisotopic (exact) mass is 430 g/mol. The SMILES string of the molecule is CC(C(=O)NCCc1cnc[nH]1)N1C(=O)/C(=C/c2ccc3c(c2)OCO3)SC1=S. The molecule has 3 heterocycles. The van der Waals surface area contributed by atoms with Crippen molar-refractivity contribution in [2.75, 3.05) is 13.3 Å². The van der Waals surface area contributed by atoms with Crippen LogP contribution in [0.5, 0.6) is 11.5 Å². The van der Waals surface area contributed by atoms with Crippen LogP contribution in [0.15, 0.2) is 35.6 Å². The first kappa shape index (κ1) is 19.5. The lowest BCUT2D eigenvalue weighted by Gasteiger charge is -2.22. The Bertz CT molecular complexity index is 990. The molecule has 8 nitrogen and oxygen atoms in total. The van der Waals surface area contributed by atoms with Gasteiger partial charge in [-0.05, 0) is 30.7 Å². The standard InChI is InChI=1S/C19H18N4O4S2/c1-11(17(24)21-5-4-13-8-20-9-22-13)23-18(25)16(29-19(23)28)7-12-2-3-14-15(6-12)27-10-26-14/h2-3,6-9,11H,4-5,10H2,1H3,(H,20,22)(H,21,24)/b16-7-. The summed E-state index contributed by atoms with van der Waals surface area (Å²) < 4.78 is 11.0. The van der Waals surface area contributed by atoms with E-state index in [2.05, 4.69) is 15.3 Å². The van der Waals surface area contributed by atoms with Crippen LogP contribution in [-0.4, -0.2) is 50.4 Å². The number of H-pyrrole nitrogens is 1. The van der Waals surface area contributed by atoms with E-state index < -0.39 is 6.04 Å². The van der Waals surface area contributed by atoms with Crippen LogP contribution in [0.3, 0.4) is 0 Å². The normalized spacial score (nSPS) is 17.8. The van der Waals surface area contributed by atoms with E-state index in [0.29, 0.717) is 33.7 Å². The summed E-state index contributed by atoms with van der Waals surface area (Å²) >= 11 is 6.53. The predicted octanol–water partition coefficient (Wildman–Crippen LogP) is 2.09.